The molecule has 16 heavy (non-hydrogen) atoms. The summed E-state index contributed by atoms with van der Waals surface area (Å²) in [6, 6.07) is 3.41. The molecule has 0 bridgehead atoms. The Morgan fingerprint density at radius 2 is 2.31 bits per heavy atom. The molecule has 0 atom stereocenters. The van der Waals surface area contributed by atoms with Crippen molar-refractivity contribution in [1.29, 1.82) is 0 Å². The van der Waals surface area contributed by atoms with Crippen molar-refractivity contribution in [2.75, 3.05) is 5.32 Å². The molecule has 0 unspecified atom stereocenters. The Morgan fingerprint density at radius 1 is 1.50 bits per heavy atom. The van der Waals surface area contributed by atoms with Crippen molar-refractivity contribution in [3.05, 3.63) is 39.6 Å². The average Bonchev–Trinajstić information content (AvgIpc) is 2.64. The largest absolute Gasteiger partial charge is 0.298 e. The molecule has 6 heteroatoms. The summed E-state index contributed by atoms with van der Waals surface area (Å²) in [5.41, 5.74) is 1.40. The van der Waals surface area contributed by atoms with Crippen LogP contribution in [0.1, 0.15) is 16.1 Å². The van der Waals surface area contributed by atoms with Gasteiger partial charge < -0.3 is 0 Å². The number of aryl methyl sites for hydroxylation is 1. The van der Waals surface area contributed by atoms with Crippen LogP contribution in [0.5, 0.6) is 0 Å². The number of rotatable bonds is 2. The molecule has 0 aliphatic heterocycles. The van der Waals surface area contributed by atoms with Crippen LogP contribution in [-0.4, -0.2) is 15.9 Å². The second kappa shape index (κ2) is 4.71. The van der Waals surface area contributed by atoms with Crippen LogP contribution in [0.3, 0.4) is 0 Å². The number of amides is 1. The monoisotopic (exact) mass is 297 g/mol. The number of carbonyl (C=O) groups is 1. The molecule has 82 valence electrons. The third-order valence-electron chi connectivity index (χ3n) is 1.86. The number of carbonyl (C=O) groups excluding carboxylic acids is 1. The summed E-state index contributed by atoms with van der Waals surface area (Å²) < 4.78 is 0.883. The molecule has 2 heterocycles. The lowest BCUT2D eigenvalue weighted by Crippen LogP contribution is -2.11. The number of nitrogens with zero attached hydrogens (tertiary/aromatic N) is 2. The summed E-state index contributed by atoms with van der Waals surface area (Å²) in [7, 11) is 0. The molecule has 2 aromatic heterocycles. The fraction of sp³-hybridized carbons (Fsp3) is 0.100. The second-order valence-electron chi connectivity index (χ2n) is 3.11. The fourth-order valence-electron chi connectivity index (χ4n) is 1.17. The van der Waals surface area contributed by atoms with E-state index in [1.807, 2.05) is 6.92 Å². The number of nitrogens with one attached hydrogen (secondary N) is 1. The summed E-state index contributed by atoms with van der Waals surface area (Å²) in [6.45, 7) is 1.84. The van der Waals surface area contributed by atoms with Gasteiger partial charge in [0.25, 0.3) is 5.91 Å². The van der Waals surface area contributed by atoms with Crippen molar-refractivity contribution >= 4 is 38.3 Å². The number of thiazole rings is 1. The number of anilines is 1. The molecule has 0 aliphatic carbocycles. The van der Waals surface area contributed by atoms with Crippen molar-refractivity contribution < 1.29 is 4.79 Å². The van der Waals surface area contributed by atoms with Crippen LogP contribution in [0.15, 0.2) is 28.3 Å². The molecule has 0 spiro atoms. The van der Waals surface area contributed by atoms with Crippen molar-refractivity contribution in [2.45, 2.75) is 6.92 Å². The minimum absolute atomic E-state index is 0.174. The van der Waals surface area contributed by atoms with Crippen LogP contribution in [0, 0.1) is 6.92 Å². The van der Waals surface area contributed by atoms with Crippen molar-refractivity contribution in [3.63, 3.8) is 0 Å². The van der Waals surface area contributed by atoms with Gasteiger partial charge in [0.15, 0.2) is 5.13 Å². The minimum Gasteiger partial charge on any atom is -0.298 e. The third-order valence-corrected chi connectivity index (χ3v) is 3.25. The van der Waals surface area contributed by atoms with Crippen molar-refractivity contribution in [3.8, 4) is 0 Å². The van der Waals surface area contributed by atoms with E-state index < -0.39 is 0 Å². The SMILES string of the molecule is Cc1cc(C(=O)Nc2ncc(Br)s2)ccn1. The van der Waals surface area contributed by atoms with Gasteiger partial charge in [-0.25, -0.2) is 4.98 Å². The standard InChI is InChI=1S/C10H8BrN3OS/c1-6-4-7(2-3-12-6)9(15)14-10-13-5-8(11)16-10/h2-5H,1H3,(H,13,14,15). The van der Waals surface area contributed by atoms with Gasteiger partial charge in [-0.15, -0.1) is 0 Å². The Bertz CT molecular complexity index is 526. The first-order chi connectivity index (χ1) is 7.65. The molecule has 0 aromatic carbocycles. The van der Waals surface area contributed by atoms with Gasteiger partial charge in [-0.1, -0.05) is 11.3 Å². The van der Waals surface area contributed by atoms with E-state index in [0.29, 0.717) is 10.7 Å². The van der Waals surface area contributed by atoms with Gasteiger partial charge in [0.1, 0.15) is 0 Å². The first-order valence-electron chi connectivity index (χ1n) is 4.50. The summed E-state index contributed by atoms with van der Waals surface area (Å²) in [4.78, 5) is 19.8. The first-order valence-corrected chi connectivity index (χ1v) is 6.11. The highest BCUT2D eigenvalue weighted by Gasteiger charge is 2.08. The van der Waals surface area contributed by atoms with Crippen LogP contribution in [0.25, 0.3) is 0 Å². The van der Waals surface area contributed by atoms with Crippen LogP contribution in [0.4, 0.5) is 5.13 Å². The van der Waals surface area contributed by atoms with E-state index in [1.165, 1.54) is 11.3 Å². The normalized spacial score (nSPS) is 10.1. The number of aromatic nitrogens is 2. The quantitative estimate of drug-likeness (QED) is 0.927. The molecular formula is C10H8BrN3OS. The van der Waals surface area contributed by atoms with Gasteiger partial charge in [0, 0.05) is 17.5 Å². The van der Waals surface area contributed by atoms with Crippen molar-refractivity contribution in [1.82, 2.24) is 9.97 Å². The zero-order valence-corrected chi connectivity index (χ0v) is 10.8. The lowest BCUT2D eigenvalue weighted by molar-refractivity contribution is 0.102. The Labute approximate surface area is 105 Å². The number of pyridine rings is 1. The van der Waals surface area contributed by atoms with Crippen LogP contribution >= 0.6 is 27.3 Å². The smallest absolute Gasteiger partial charge is 0.257 e. The molecule has 1 N–H and O–H groups in total. The number of halogens is 1. The van der Waals surface area contributed by atoms with E-state index >= 15 is 0 Å². The average molecular weight is 298 g/mol. The highest BCUT2D eigenvalue weighted by molar-refractivity contribution is 9.11. The Balaban J connectivity index is 2.14. The maximum Gasteiger partial charge on any atom is 0.257 e. The first kappa shape index (κ1) is 11.2. The molecule has 2 aromatic rings. The highest BCUT2D eigenvalue weighted by atomic mass is 79.9. The van der Waals surface area contributed by atoms with Crippen LogP contribution in [-0.2, 0) is 0 Å². The maximum absolute atomic E-state index is 11.8. The second-order valence-corrected chi connectivity index (χ2v) is 5.52. The molecule has 0 radical (unpaired) electrons. The topological polar surface area (TPSA) is 54.9 Å². The Morgan fingerprint density at radius 3 is 2.94 bits per heavy atom. The van der Waals surface area contributed by atoms with E-state index in [1.54, 1.807) is 24.5 Å². The minimum atomic E-state index is -0.174. The van der Waals surface area contributed by atoms with E-state index in [0.717, 1.165) is 9.48 Å². The molecule has 0 saturated heterocycles. The van der Waals surface area contributed by atoms with Gasteiger partial charge in [0.2, 0.25) is 0 Å². The number of hydrogen-bond acceptors (Lipinski definition) is 4. The molecule has 0 saturated carbocycles. The predicted octanol–water partition coefficient (Wildman–Crippen LogP) is 2.86. The zero-order chi connectivity index (χ0) is 11.5. The third kappa shape index (κ3) is 2.65. The molecule has 2 rings (SSSR count). The van der Waals surface area contributed by atoms with E-state index in [-0.39, 0.29) is 5.91 Å². The van der Waals surface area contributed by atoms with Gasteiger partial charge in [-0.05, 0) is 35.0 Å². The van der Waals surface area contributed by atoms with E-state index in [2.05, 4.69) is 31.2 Å². The lowest BCUT2D eigenvalue weighted by Gasteiger charge is -2.01. The van der Waals surface area contributed by atoms with E-state index in [4.69, 9.17) is 0 Å². The summed E-state index contributed by atoms with van der Waals surface area (Å²) in [6.07, 6.45) is 3.26. The van der Waals surface area contributed by atoms with E-state index in [9.17, 15) is 4.79 Å². The summed E-state index contributed by atoms with van der Waals surface area (Å²) in [5.74, 6) is -0.174. The Kier molecular flexibility index (Phi) is 3.31. The van der Waals surface area contributed by atoms with Crippen LogP contribution < -0.4 is 5.32 Å². The van der Waals surface area contributed by atoms with Gasteiger partial charge >= 0.3 is 0 Å². The van der Waals surface area contributed by atoms with Crippen LogP contribution in [0.2, 0.25) is 0 Å². The number of hydrogen-bond donors (Lipinski definition) is 1. The highest BCUT2D eigenvalue weighted by Crippen LogP contribution is 2.23. The van der Waals surface area contributed by atoms with Gasteiger partial charge in [-0.2, -0.15) is 0 Å². The van der Waals surface area contributed by atoms with Gasteiger partial charge in [-0.3, -0.25) is 15.1 Å². The Hall–Kier alpha value is -1.27. The zero-order valence-electron chi connectivity index (χ0n) is 8.40. The molecule has 1 amide bonds. The fourth-order valence-corrected chi connectivity index (χ4v) is 2.27. The summed E-state index contributed by atoms with van der Waals surface area (Å²) in [5, 5.41) is 3.29. The predicted molar refractivity (Wildman–Crippen MR) is 66.7 cm³/mol. The van der Waals surface area contributed by atoms with Crippen molar-refractivity contribution in [2.24, 2.45) is 0 Å². The molecule has 4 nitrogen and oxygen atoms in total. The molecule has 0 aliphatic rings. The van der Waals surface area contributed by atoms with Gasteiger partial charge in [0.05, 0.1) is 9.98 Å². The molecular weight excluding hydrogens is 290 g/mol. The lowest BCUT2D eigenvalue weighted by atomic mass is 10.2. The molecule has 0 fully saturated rings. The maximum atomic E-state index is 11.8. The summed E-state index contributed by atoms with van der Waals surface area (Å²) >= 11 is 4.66.